The van der Waals surface area contributed by atoms with Gasteiger partial charge in [-0.2, -0.15) is 0 Å². The minimum absolute atomic E-state index is 0.0541. The normalized spacial score (nSPS) is 17.0. The molecule has 0 saturated carbocycles. The fraction of sp³-hybridized carbons (Fsp3) is 0.467. The Morgan fingerprint density at radius 3 is 2.59 bits per heavy atom. The van der Waals surface area contributed by atoms with Gasteiger partial charge in [0.1, 0.15) is 0 Å². The number of carbonyl (C=O) groups is 2. The van der Waals surface area contributed by atoms with Crippen molar-refractivity contribution in [3.05, 3.63) is 35.4 Å². The number of halogens is 2. The predicted molar refractivity (Wildman–Crippen MR) is 73.2 cm³/mol. The van der Waals surface area contributed by atoms with E-state index in [2.05, 4.69) is 5.32 Å². The summed E-state index contributed by atoms with van der Waals surface area (Å²) in [5, 5.41) is 11.9. The highest BCUT2D eigenvalue weighted by atomic mass is 19.2. The molecule has 1 aliphatic rings. The van der Waals surface area contributed by atoms with Gasteiger partial charge >= 0.3 is 5.97 Å². The summed E-state index contributed by atoms with van der Waals surface area (Å²) >= 11 is 0. The Kier molecular flexibility index (Phi) is 5.07. The Labute approximate surface area is 126 Å². The maximum Gasteiger partial charge on any atom is 0.311 e. The van der Waals surface area contributed by atoms with Crippen molar-refractivity contribution >= 4 is 11.9 Å². The first-order valence-corrected chi connectivity index (χ1v) is 6.95. The topological polar surface area (TPSA) is 75.6 Å². The standard InChI is InChI=1S/C15H17F2NO4/c16-11-3-1-2-10(13(11)17)8-12(19)18-9-15(14(20)21)4-6-22-7-5-15/h1-3H,4-9H2,(H,18,19)(H,20,21). The van der Waals surface area contributed by atoms with Gasteiger partial charge in [0.05, 0.1) is 11.8 Å². The van der Waals surface area contributed by atoms with E-state index in [0.29, 0.717) is 26.1 Å². The van der Waals surface area contributed by atoms with Crippen LogP contribution in [-0.4, -0.2) is 36.7 Å². The Bertz CT molecular complexity index is 571. The second-order valence-corrected chi connectivity index (χ2v) is 5.36. The SMILES string of the molecule is O=C(Cc1cccc(F)c1F)NCC1(C(=O)O)CCOCC1. The molecule has 1 heterocycles. The quantitative estimate of drug-likeness (QED) is 0.864. The summed E-state index contributed by atoms with van der Waals surface area (Å²) in [7, 11) is 0. The van der Waals surface area contributed by atoms with Crippen LogP contribution in [0.15, 0.2) is 18.2 Å². The Hall–Kier alpha value is -2.02. The van der Waals surface area contributed by atoms with Crippen molar-refractivity contribution in [1.82, 2.24) is 5.32 Å². The van der Waals surface area contributed by atoms with Gasteiger partial charge in [0.25, 0.3) is 0 Å². The molecule has 0 aliphatic carbocycles. The third kappa shape index (κ3) is 3.59. The second kappa shape index (κ2) is 6.83. The lowest BCUT2D eigenvalue weighted by Gasteiger charge is -2.33. The molecular formula is C15H17F2NO4. The zero-order valence-corrected chi connectivity index (χ0v) is 11.9. The summed E-state index contributed by atoms with van der Waals surface area (Å²) < 4.78 is 31.7. The second-order valence-electron chi connectivity index (χ2n) is 5.36. The van der Waals surface area contributed by atoms with Crippen molar-refractivity contribution in [2.45, 2.75) is 19.3 Å². The van der Waals surface area contributed by atoms with Gasteiger partial charge in [0, 0.05) is 25.3 Å². The summed E-state index contributed by atoms with van der Waals surface area (Å²) in [5.41, 5.74) is -1.12. The highest BCUT2D eigenvalue weighted by molar-refractivity contribution is 5.80. The molecular weight excluding hydrogens is 296 g/mol. The molecule has 22 heavy (non-hydrogen) atoms. The van der Waals surface area contributed by atoms with Gasteiger partial charge < -0.3 is 15.2 Å². The van der Waals surface area contributed by atoms with Crippen LogP contribution < -0.4 is 5.32 Å². The minimum Gasteiger partial charge on any atom is -0.481 e. The average molecular weight is 313 g/mol. The number of rotatable bonds is 5. The lowest BCUT2D eigenvalue weighted by molar-refractivity contribution is -0.154. The van der Waals surface area contributed by atoms with E-state index in [0.717, 1.165) is 6.07 Å². The molecule has 1 aromatic rings. The lowest BCUT2D eigenvalue weighted by atomic mass is 9.80. The molecule has 5 nitrogen and oxygen atoms in total. The molecule has 1 fully saturated rings. The Morgan fingerprint density at radius 2 is 1.95 bits per heavy atom. The number of aliphatic carboxylic acids is 1. The van der Waals surface area contributed by atoms with Gasteiger partial charge in [-0.15, -0.1) is 0 Å². The number of nitrogens with one attached hydrogen (secondary N) is 1. The molecule has 2 N–H and O–H groups in total. The van der Waals surface area contributed by atoms with Crippen LogP contribution in [0.1, 0.15) is 18.4 Å². The zero-order valence-electron chi connectivity index (χ0n) is 11.9. The van der Waals surface area contributed by atoms with Crippen LogP contribution in [0.2, 0.25) is 0 Å². The lowest BCUT2D eigenvalue weighted by Crippen LogP contribution is -2.46. The van der Waals surface area contributed by atoms with Crippen LogP contribution in [0.5, 0.6) is 0 Å². The smallest absolute Gasteiger partial charge is 0.311 e. The van der Waals surface area contributed by atoms with Gasteiger partial charge in [0.2, 0.25) is 5.91 Å². The van der Waals surface area contributed by atoms with E-state index in [9.17, 15) is 23.5 Å². The predicted octanol–water partition coefficient (Wildman–Crippen LogP) is 1.50. The van der Waals surface area contributed by atoms with Crippen molar-refractivity contribution in [3.63, 3.8) is 0 Å². The molecule has 0 radical (unpaired) electrons. The van der Waals surface area contributed by atoms with E-state index >= 15 is 0 Å². The van der Waals surface area contributed by atoms with Crippen LogP contribution in [0.4, 0.5) is 8.78 Å². The first-order chi connectivity index (χ1) is 10.4. The maximum absolute atomic E-state index is 13.5. The van der Waals surface area contributed by atoms with E-state index in [1.165, 1.54) is 12.1 Å². The summed E-state index contributed by atoms with van der Waals surface area (Å²) in [5.74, 6) is -3.61. The highest BCUT2D eigenvalue weighted by Gasteiger charge is 2.40. The van der Waals surface area contributed by atoms with Gasteiger partial charge in [-0.05, 0) is 18.9 Å². The fourth-order valence-electron chi connectivity index (χ4n) is 2.42. The monoisotopic (exact) mass is 313 g/mol. The molecule has 0 unspecified atom stereocenters. The Morgan fingerprint density at radius 1 is 1.27 bits per heavy atom. The number of hydrogen-bond donors (Lipinski definition) is 2. The van der Waals surface area contributed by atoms with Crippen LogP contribution >= 0.6 is 0 Å². The highest BCUT2D eigenvalue weighted by Crippen LogP contribution is 2.30. The summed E-state index contributed by atoms with van der Waals surface area (Å²) in [6, 6.07) is 3.61. The fourth-order valence-corrected chi connectivity index (χ4v) is 2.42. The third-order valence-electron chi connectivity index (χ3n) is 3.91. The molecule has 2 rings (SSSR count). The number of ether oxygens (including phenoxy) is 1. The van der Waals surface area contributed by atoms with Crippen molar-refractivity contribution in [2.75, 3.05) is 19.8 Å². The van der Waals surface area contributed by atoms with E-state index in [1.807, 2.05) is 0 Å². The summed E-state index contributed by atoms with van der Waals surface area (Å²) in [6.07, 6.45) is 0.268. The van der Waals surface area contributed by atoms with E-state index in [4.69, 9.17) is 4.74 Å². The molecule has 0 aromatic heterocycles. The Balaban J connectivity index is 1.97. The average Bonchev–Trinajstić information content (AvgIpc) is 2.51. The third-order valence-corrected chi connectivity index (χ3v) is 3.91. The number of carboxylic acid groups (broad SMARTS) is 1. The molecule has 0 atom stereocenters. The first-order valence-electron chi connectivity index (χ1n) is 6.95. The molecule has 1 saturated heterocycles. The molecule has 120 valence electrons. The maximum atomic E-state index is 13.5. The zero-order chi connectivity index (χ0) is 16.2. The van der Waals surface area contributed by atoms with Crippen LogP contribution in [0.25, 0.3) is 0 Å². The van der Waals surface area contributed by atoms with Gasteiger partial charge in [-0.25, -0.2) is 8.78 Å². The number of benzene rings is 1. The van der Waals surface area contributed by atoms with Crippen molar-refractivity contribution < 1.29 is 28.2 Å². The largest absolute Gasteiger partial charge is 0.481 e. The van der Waals surface area contributed by atoms with E-state index in [1.54, 1.807) is 0 Å². The van der Waals surface area contributed by atoms with Crippen LogP contribution in [0.3, 0.4) is 0 Å². The first kappa shape index (κ1) is 16.4. The number of amides is 1. The van der Waals surface area contributed by atoms with Gasteiger partial charge in [0.15, 0.2) is 11.6 Å². The van der Waals surface area contributed by atoms with Gasteiger partial charge in [-0.3, -0.25) is 9.59 Å². The molecule has 1 amide bonds. The van der Waals surface area contributed by atoms with Crippen LogP contribution in [-0.2, 0) is 20.7 Å². The van der Waals surface area contributed by atoms with Crippen molar-refractivity contribution in [2.24, 2.45) is 5.41 Å². The van der Waals surface area contributed by atoms with Gasteiger partial charge in [-0.1, -0.05) is 12.1 Å². The summed E-state index contributed by atoms with van der Waals surface area (Å²) in [6.45, 7) is 0.586. The van der Waals surface area contributed by atoms with Crippen LogP contribution in [0, 0.1) is 17.0 Å². The summed E-state index contributed by atoms with van der Waals surface area (Å²) in [4.78, 5) is 23.3. The van der Waals surface area contributed by atoms with Crippen molar-refractivity contribution in [3.8, 4) is 0 Å². The number of carbonyl (C=O) groups excluding carboxylic acids is 1. The molecule has 1 aromatic carbocycles. The molecule has 0 bridgehead atoms. The molecule has 0 spiro atoms. The minimum atomic E-state index is -1.06. The van der Waals surface area contributed by atoms with E-state index in [-0.39, 0.29) is 18.5 Å². The van der Waals surface area contributed by atoms with E-state index < -0.39 is 28.9 Å². The molecule has 1 aliphatic heterocycles. The van der Waals surface area contributed by atoms with Crippen molar-refractivity contribution in [1.29, 1.82) is 0 Å². The number of hydrogen-bond acceptors (Lipinski definition) is 3. The number of carboxylic acids is 1. The molecule has 7 heteroatoms.